The summed E-state index contributed by atoms with van der Waals surface area (Å²) >= 11 is 0. The topological polar surface area (TPSA) is 156 Å². The van der Waals surface area contributed by atoms with E-state index < -0.39 is 41.9 Å². The van der Waals surface area contributed by atoms with Crippen molar-refractivity contribution in [3.8, 4) is 0 Å². The van der Waals surface area contributed by atoms with Crippen LogP contribution in [0.25, 0.3) is 0 Å². The molecule has 9 heteroatoms. The SMILES string of the molecule is CC[C@H](C)[C@H](NC(=O)NC(=O)[C@H](CC(C)C)NC(=O)[C@@H](N)CC(C)C)C(N)=O. The van der Waals surface area contributed by atoms with Gasteiger partial charge in [-0.1, -0.05) is 48.0 Å². The van der Waals surface area contributed by atoms with Gasteiger partial charge in [-0.05, 0) is 30.6 Å². The van der Waals surface area contributed by atoms with Gasteiger partial charge in [0.25, 0.3) is 5.91 Å². The van der Waals surface area contributed by atoms with Crippen LogP contribution in [0.1, 0.15) is 60.8 Å². The molecular weight excluding hydrogens is 362 g/mol. The molecule has 0 saturated carbocycles. The molecular formula is C19H37N5O4. The first-order valence-corrected chi connectivity index (χ1v) is 9.85. The molecule has 0 fully saturated rings. The second kappa shape index (κ2) is 12.3. The number of urea groups is 1. The van der Waals surface area contributed by atoms with Gasteiger partial charge < -0.3 is 22.1 Å². The predicted molar refractivity (Wildman–Crippen MR) is 108 cm³/mol. The molecule has 0 aliphatic carbocycles. The largest absolute Gasteiger partial charge is 0.368 e. The molecule has 0 aliphatic heterocycles. The van der Waals surface area contributed by atoms with E-state index in [1.165, 1.54) is 0 Å². The van der Waals surface area contributed by atoms with Gasteiger partial charge in [0.2, 0.25) is 11.8 Å². The van der Waals surface area contributed by atoms with Crippen LogP contribution in [0.2, 0.25) is 0 Å². The zero-order valence-electron chi connectivity index (χ0n) is 17.9. The monoisotopic (exact) mass is 399 g/mol. The molecule has 0 bridgehead atoms. The lowest BCUT2D eigenvalue weighted by Gasteiger charge is -2.24. The molecule has 7 N–H and O–H groups in total. The summed E-state index contributed by atoms with van der Waals surface area (Å²) in [4.78, 5) is 48.5. The molecule has 0 radical (unpaired) electrons. The molecule has 0 unspecified atom stereocenters. The third-order valence-electron chi connectivity index (χ3n) is 4.45. The van der Waals surface area contributed by atoms with E-state index in [0.717, 1.165) is 0 Å². The van der Waals surface area contributed by atoms with E-state index in [9.17, 15) is 19.2 Å². The molecule has 4 atom stereocenters. The highest BCUT2D eigenvalue weighted by molar-refractivity contribution is 6.00. The van der Waals surface area contributed by atoms with E-state index in [1.54, 1.807) is 6.92 Å². The Bertz CT molecular complexity index is 550. The summed E-state index contributed by atoms with van der Waals surface area (Å²) < 4.78 is 0. The summed E-state index contributed by atoms with van der Waals surface area (Å²) in [5.74, 6) is -1.63. The molecule has 0 aromatic rings. The van der Waals surface area contributed by atoms with Crippen molar-refractivity contribution < 1.29 is 19.2 Å². The zero-order valence-corrected chi connectivity index (χ0v) is 17.9. The van der Waals surface area contributed by atoms with Crippen molar-refractivity contribution in [3.05, 3.63) is 0 Å². The maximum Gasteiger partial charge on any atom is 0.322 e. The van der Waals surface area contributed by atoms with E-state index in [-0.39, 0.29) is 17.8 Å². The molecule has 0 heterocycles. The molecule has 0 spiro atoms. The fourth-order valence-corrected chi connectivity index (χ4v) is 2.70. The average molecular weight is 400 g/mol. The number of rotatable bonds is 11. The van der Waals surface area contributed by atoms with Gasteiger partial charge in [0.05, 0.1) is 6.04 Å². The number of amides is 5. The number of carbonyl (C=O) groups is 4. The van der Waals surface area contributed by atoms with Crippen LogP contribution < -0.4 is 27.4 Å². The van der Waals surface area contributed by atoms with E-state index in [4.69, 9.17) is 11.5 Å². The van der Waals surface area contributed by atoms with Crippen molar-refractivity contribution in [2.45, 2.75) is 78.9 Å². The van der Waals surface area contributed by atoms with Crippen LogP contribution in [0.4, 0.5) is 4.79 Å². The normalized spacial score (nSPS) is 15.5. The van der Waals surface area contributed by atoms with Crippen LogP contribution in [0, 0.1) is 17.8 Å². The number of nitrogens with two attached hydrogens (primary N) is 2. The summed E-state index contributed by atoms with van der Waals surface area (Å²) in [6.45, 7) is 11.3. The minimum Gasteiger partial charge on any atom is -0.368 e. The van der Waals surface area contributed by atoms with Crippen LogP contribution in [0.3, 0.4) is 0 Å². The lowest BCUT2D eigenvalue weighted by Crippen LogP contribution is -2.57. The minimum atomic E-state index is -0.910. The van der Waals surface area contributed by atoms with Gasteiger partial charge >= 0.3 is 6.03 Å². The van der Waals surface area contributed by atoms with Crippen LogP contribution >= 0.6 is 0 Å². The van der Waals surface area contributed by atoms with Crippen molar-refractivity contribution in [3.63, 3.8) is 0 Å². The quantitative estimate of drug-likeness (QED) is 0.344. The van der Waals surface area contributed by atoms with Crippen molar-refractivity contribution in [2.24, 2.45) is 29.2 Å². The minimum absolute atomic E-state index is 0.0962. The number of primary amides is 1. The number of carbonyl (C=O) groups excluding carboxylic acids is 4. The highest BCUT2D eigenvalue weighted by Gasteiger charge is 2.28. The predicted octanol–water partition coefficient (Wildman–Crippen LogP) is 0.617. The second-order valence-corrected chi connectivity index (χ2v) is 8.16. The van der Waals surface area contributed by atoms with Crippen LogP contribution in [-0.2, 0) is 14.4 Å². The van der Waals surface area contributed by atoms with Gasteiger partial charge in [-0.25, -0.2) is 4.79 Å². The van der Waals surface area contributed by atoms with Crippen LogP contribution in [0.15, 0.2) is 0 Å². The van der Waals surface area contributed by atoms with Crippen molar-refractivity contribution in [1.82, 2.24) is 16.0 Å². The second-order valence-electron chi connectivity index (χ2n) is 8.16. The van der Waals surface area contributed by atoms with Crippen molar-refractivity contribution in [2.75, 3.05) is 0 Å². The summed E-state index contributed by atoms with van der Waals surface area (Å²) in [7, 11) is 0. The third kappa shape index (κ3) is 9.68. The molecule has 0 aromatic heterocycles. The molecule has 9 nitrogen and oxygen atoms in total. The van der Waals surface area contributed by atoms with Crippen molar-refractivity contribution >= 4 is 23.8 Å². The van der Waals surface area contributed by atoms with Crippen molar-refractivity contribution in [1.29, 1.82) is 0 Å². The summed E-state index contributed by atoms with van der Waals surface area (Å²) in [6, 6.07) is -3.37. The Balaban J connectivity index is 5.03. The molecule has 0 aliphatic rings. The first-order valence-electron chi connectivity index (χ1n) is 9.85. The van der Waals surface area contributed by atoms with Gasteiger partial charge in [-0.15, -0.1) is 0 Å². The van der Waals surface area contributed by atoms with E-state index in [1.807, 2.05) is 34.6 Å². The fraction of sp³-hybridized carbons (Fsp3) is 0.789. The van der Waals surface area contributed by atoms with Gasteiger partial charge in [-0.2, -0.15) is 0 Å². The van der Waals surface area contributed by atoms with E-state index in [0.29, 0.717) is 19.3 Å². The van der Waals surface area contributed by atoms with Crippen LogP contribution in [-0.4, -0.2) is 41.9 Å². The third-order valence-corrected chi connectivity index (χ3v) is 4.45. The van der Waals surface area contributed by atoms with Gasteiger partial charge in [0, 0.05) is 0 Å². The first kappa shape index (κ1) is 25.8. The molecule has 5 amide bonds. The number of nitrogens with one attached hydrogen (secondary N) is 3. The Morgan fingerprint density at radius 1 is 0.857 bits per heavy atom. The highest BCUT2D eigenvalue weighted by atomic mass is 16.2. The Labute approximate surface area is 167 Å². The summed E-state index contributed by atoms with van der Waals surface area (Å²) in [5, 5.41) is 7.23. The maximum atomic E-state index is 12.5. The Kier molecular flexibility index (Phi) is 11.4. The molecule has 0 rings (SSSR count). The average Bonchev–Trinajstić information content (AvgIpc) is 2.56. The number of imide groups is 1. The Morgan fingerprint density at radius 3 is 1.82 bits per heavy atom. The molecule has 0 saturated heterocycles. The van der Waals surface area contributed by atoms with Gasteiger partial charge in [0.15, 0.2) is 0 Å². The standard InChI is InChI=1S/C19H37N5O4/c1-7-12(6)15(16(21)25)23-19(28)24-18(27)14(9-11(4)5)22-17(26)13(20)8-10(2)3/h10-15H,7-9,20H2,1-6H3,(H2,21,25)(H,22,26)(H2,23,24,27,28)/t12-,13-,14-,15-/m0/s1. The number of hydrogen-bond donors (Lipinski definition) is 5. The summed E-state index contributed by atoms with van der Waals surface area (Å²) in [5.41, 5.74) is 11.2. The van der Waals surface area contributed by atoms with Gasteiger partial charge in [-0.3, -0.25) is 19.7 Å². The first-order chi connectivity index (χ1) is 12.9. The number of hydrogen-bond acceptors (Lipinski definition) is 5. The zero-order chi connectivity index (χ0) is 22.0. The smallest absolute Gasteiger partial charge is 0.322 e. The van der Waals surface area contributed by atoms with E-state index >= 15 is 0 Å². The Morgan fingerprint density at radius 2 is 1.39 bits per heavy atom. The van der Waals surface area contributed by atoms with Gasteiger partial charge in [0.1, 0.15) is 12.1 Å². The Hall–Kier alpha value is -2.16. The lowest BCUT2D eigenvalue weighted by atomic mass is 9.99. The maximum absolute atomic E-state index is 12.5. The summed E-state index contributed by atoms with van der Waals surface area (Å²) in [6.07, 6.45) is 1.45. The fourth-order valence-electron chi connectivity index (χ4n) is 2.70. The molecule has 28 heavy (non-hydrogen) atoms. The molecule has 0 aromatic carbocycles. The van der Waals surface area contributed by atoms with E-state index in [2.05, 4.69) is 16.0 Å². The lowest BCUT2D eigenvalue weighted by molar-refractivity contribution is -0.129. The molecule has 162 valence electrons. The highest BCUT2D eigenvalue weighted by Crippen LogP contribution is 2.09. The van der Waals surface area contributed by atoms with Crippen LogP contribution in [0.5, 0.6) is 0 Å².